The average molecular weight is 260 g/mol. The summed E-state index contributed by atoms with van der Waals surface area (Å²) in [5.41, 5.74) is 5.80. The van der Waals surface area contributed by atoms with Gasteiger partial charge in [0, 0.05) is 28.1 Å². The Morgan fingerprint density at radius 3 is 2.93 bits per heavy atom. The molecule has 0 aromatic heterocycles. The first-order chi connectivity index (χ1) is 6.58. The Labute approximate surface area is 90.1 Å². The van der Waals surface area contributed by atoms with Gasteiger partial charge in [0.15, 0.2) is 0 Å². The summed E-state index contributed by atoms with van der Waals surface area (Å²) in [6.45, 7) is 0.0163. The van der Waals surface area contributed by atoms with Gasteiger partial charge in [-0.2, -0.15) is 0 Å². The van der Waals surface area contributed by atoms with Gasteiger partial charge in [-0.3, -0.25) is 0 Å². The fourth-order valence-corrected chi connectivity index (χ4v) is 2.12. The van der Waals surface area contributed by atoms with E-state index in [0.29, 0.717) is 12.0 Å². The highest BCUT2D eigenvalue weighted by Gasteiger charge is 2.53. The smallest absolute Gasteiger partial charge is 0.128 e. The summed E-state index contributed by atoms with van der Waals surface area (Å²) in [6.07, 6.45) is 0.650. The standard InChI is InChI=1S/C10H11BrFNO/c11-7-1-2-9(12)8(3-7)10(13)4-6(10)5-14/h1-3,6,14H,4-5,13H2. The number of halogens is 2. The van der Waals surface area contributed by atoms with E-state index in [2.05, 4.69) is 15.9 Å². The number of rotatable bonds is 2. The minimum absolute atomic E-state index is 0.00806. The van der Waals surface area contributed by atoms with E-state index in [4.69, 9.17) is 10.8 Å². The van der Waals surface area contributed by atoms with E-state index in [0.717, 1.165) is 4.47 Å². The third-order valence-electron chi connectivity index (χ3n) is 2.80. The van der Waals surface area contributed by atoms with Crippen LogP contribution >= 0.6 is 15.9 Å². The summed E-state index contributed by atoms with van der Waals surface area (Å²) in [6, 6.07) is 4.71. The zero-order valence-corrected chi connectivity index (χ0v) is 9.09. The number of aliphatic hydroxyl groups is 1. The molecular formula is C10H11BrFNO. The van der Waals surface area contributed by atoms with Crippen LogP contribution in [0.2, 0.25) is 0 Å². The second kappa shape index (κ2) is 3.29. The first-order valence-corrected chi connectivity index (χ1v) is 5.22. The van der Waals surface area contributed by atoms with Crippen molar-refractivity contribution in [2.75, 3.05) is 6.61 Å². The number of aliphatic hydroxyl groups excluding tert-OH is 1. The molecule has 2 nitrogen and oxygen atoms in total. The van der Waals surface area contributed by atoms with Gasteiger partial charge in [0.05, 0.1) is 0 Å². The maximum absolute atomic E-state index is 13.4. The first kappa shape index (κ1) is 10.1. The molecule has 4 heteroatoms. The fourth-order valence-electron chi connectivity index (χ4n) is 1.76. The summed E-state index contributed by atoms with van der Waals surface area (Å²) in [7, 11) is 0. The lowest BCUT2D eigenvalue weighted by Gasteiger charge is -2.12. The van der Waals surface area contributed by atoms with Crippen molar-refractivity contribution in [3.63, 3.8) is 0 Å². The van der Waals surface area contributed by atoms with E-state index in [-0.39, 0.29) is 18.3 Å². The monoisotopic (exact) mass is 259 g/mol. The third-order valence-corrected chi connectivity index (χ3v) is 3.30. The van der Waals surface area contributed by atoms with E-state index in [1.807, 2.05) is 0 Å². The molecule has 0 aliphatic heterocycles. The summed E-state index contributed by atoms with van der Waals surface area (Å²) < 4.78 is 14.2. The van der Waals surface area contributed by atoms with Crippen molar-refractivity contribution in [3.8, 4) is 0 Å². The molecule has 0 saturated heterocycles. The van der Waals surface area contributed by atoms with Crippen molar-refractivity contribution < 1.29 is 9.50 Å². The van der Waals surface area contributed by atoms with Crippen LogP contribution in [0.3, 0.4) is 0 Å². The fraction of sp³-hybridized carbons (Fsp3) is 0.400. The van der Waals surface area contributed by atoms with Crippen molar-refractivity contribution in [2.24, 2.45) is 11.7 Å². The zero-order valence-electron chi connectivity index (χ0n) is 7.50. The Morgan fingerprint density at radius 1 is 1.64 bits per heavy atom. The quantitative estimate of drug-likeness (QED) is 0.851. The molecule has 1 fully saturated rings. The Balaban J connectivity index is 2.38. The van der Waals surface area contributed by atoms with E-state index < -0.39 is 5.54 Å². The molecule has 1 aromatic carbocycles. The van der Waals surface area contributed by atoms with Gasteiger partial charge in [-0.15, -0.1) is 0 Å². The number of benzene rings is 1. The van der Waals surface area contributed by atoms with E-state index in [9.17, 15) is 4.39 Å². The zero-order chi connectivity index (χ0) is 10.3. The van der Waals surface area contributed by atoms with Crippen LogP contribution in [0.15, 0.2) is 22.7 Å². The Kier molecular flexibility index (Phi) is 2.37. The lowest BCUT2D eigenvalue weighted by molar-refractivity contribution is 0.263. The molecule has 0 spiro atoms. The molecule has 0 bridgehead atoms. The van der Waals surface area contributed by atoms with Crippen molar-refractivity contribution >= 4 is 15.9 Å². The van der Waals surface area contributed by atoms with Gasteiger partial charge in [0.2, 0.25) is 0 Å². The second-order valence-electron chi connectivity index (χ2n) is 3.75. The molecular weight excluding hydrogens is 249 g/mol. The highest BCUT2D eigenvalue weighted by Crippen LogP contribution is 2.50. The van der Waals surface area contributed by atoms with Gasteiger partial charge in [-0.1, -0.05) is 15.9 Å². The van der Waals surface area contributed by atoms with E-state index in [1.54, 1.807) is 12.1 Å². The van der Waals surface area contributed by atoms with Crippen molar-refractivity contribution in [1.29, 1.82) is 0 Å². The molecule has 3 N–H and O–H groups in total. The van der Waals surface area contributed by atoms with Crippen LogP contribution < -0.4 is 5.73 Å². The average Bonchev–Trinajstić information content (AvgIpc) is 2.83. The van der Waals surface area contributed by atoms with E-state index >= 15 is 0 Å². The van der Waals surface area contributed by atoms with E-state index in [1.165, 1.54) is 6.07 Å². The number of nitrogens with two attached hydrogens (primary N) is 1. The highest BCUT2D eigenvalue weighted by molar-refractivity contribution is 9.10. The molecule has 2 atom stereocenters. The molecule has 1 saturated carbocycles. The van der Waals surface area contributed by atoms with Gasteiger partial charge in [-0.25, -0.2) is 4.39 Å². The molecule has 2 rings (SSSR count). The lowest BCUT2D eigenvalue weighted by atomic mass is 10.0. The summed E-state index contributed by atoms with van der Waals surface area (Å²) in [5, 5.41) is 8.95. The Bertz CT molecular complexity index is 371. The van der Waals surface area contributed by atoms with Crippen LogP contribution in [0, 0.1) is 11.7 Å². The topological polar surface area (TPSA) is 46.2 Å². The molecule has 14 heavy (non-hydrogen) atoms. The summed E-state index contributed by atoms with van der Waals surface area (Å²) in [5.74, 6) is -0.307. The first-order valence-electron chi connectivity index (χ1n) is 4.43. The van der Waals surface area contributed by atoms with Gasteiger partial charge >= 0.3 is 0 Å². The predicted octanol–water partition coefficient (Wildman–Crippen LogP) is 1.75. The Hall–Kier alpha value is -0.450. The molecule has 1 aliphatic carbocycles. The summed E-state index contributed by atoms with van der Waals surface area (Å²) in [4.78, 5) is 0. The maximum atomic E-state index is 13.4. The van der Waals surface area contributed by atoms with Crippen LogP contribution in [0.1, 0.15) is 12.0 Å². The second-order valence-corrected chi connectivity index (χ2v) is 4.66. The van der Waals surface area contributed by atoms with Crippen molar-refractivity contribution in [2.45, 2.75) is 12.0 Å². The molecule has 0 radical (unpaired) electrons. The SMILES string of the molecule is NC1(c2cc(Br)ccc2F)CC1CO. The normalized spacial score (nSPS) is 30.4. The van der Waals surface area contributed by atoms with Gasteiger partial charge < -0.3 is 10.8 Å². The summed E-state index contributed by atoms with van der Waals surface area (Å²) >= 11 is 3.27. The Morgan fingerprint density at radius 2 is 2.36 bits per heavy atom. The molecule has 76 valence electrons. The minimum Gasteiger partial charge on any atom is -0.396 e. The van der Waals surface area contributed by atoms with Crippen molar-refractivity contribution in [3.05, 3.63) is 34.1 Å². The van der Waals surface area contributed by atoms with Crippen LogP contribution in [-0.2, 0) is 5.54 Å². The largest absolute Gasteiger partial charge is 0.396 e. The predicted molar refractivity (Wildman–Crippen MR) is 55.2 cm³/mol. The van der Waals surface area contributed by atoms with Gasteiger partial charge in [0.25, 0.3) is 0 Å². The van der Waals surface area contributed by atoms with Gasteiger partial charge in [-0.05, 0) is 24.6 Å². The van der Waals surface area contributed by atoms with Gasteiger partial charge in [0.1, 0.15) is 5.82 Å². The minimum atomic E-state index is -0.664. The lowest BCUT2D eigenvalue weighted by Crippen LogP contribution is -2.24. The van der Waals surface area contributed by atoms with Crippen LogP contribution in [0.5, 0.6) is 0 Å². The van der Waals surface area contributed by atoms with Crippen molar-refractivity contribution in [1.82, 2.24) is 0 Å². The van der Waals surface area contributed by atoms with Crippen LogP contribution in [-0.4, -0.2) is 11.7 Å². The highest BCUT2D eigenvalue weighted by atomic mass is 79.9. The van der Waals surface area contributed by atoms with Crippen LogP contribution in [0.25, 0.3) is 0 Å². The molecule has 2 unspecified atom stereocenters. The number of hydrogen-bond acceptors (Lipinski definition) is 2. The maximum Gasteiger partial charge on any atom is 0.128 e. The molecule has 0 heterocycles. The third kappa shape index (κ3) is 1.47. The molecule has 1 aliphatic rings. The molecule has 0 amide bonds. The molecule has 1 aromatic rings. The number of hydrogen-bond donors (Lipinski definition) is 2. The van der Waals surface area contributed by atoms with Crippen LogP contribution in [0.4, 0.5) is 4.39 Å².